The molecule has 0 radical (unpaired) electrons. The lowest BCUT2D eigenvalue weighted by atomic mass is 10.1. The Kier molecular flexibility index (Phi) is 4.76. The smallest absolute Gasteiger partial charge is 0.353 e. The molecule has 0 saturated heterocycles. The van der Waals surface area contributed by atoms with Crippen LogP contribution in [0.15, 0.2) is 47.3 Å². The lowest BCUT2D eigenvalue weighted by molar-refractivity contribution is -0.122. The summed E-state index contributed by atoms with van der Waals surface area (Å²) < 4.78 is 7.59. The van der Waals surface area contributed by atoms with Crippen LogP contribution in [0.3, 0.4) is 0 Å². The highest BCUT2D eigenvalue weighted by Gasteiger charge is 2.15. The van der Waals surface area contributed by atoms with Crippen molar-refractivity contribution in [1.29, 1.82) is 0 Å². The summed E-state index contributed by atoms with van der Waals surface area (Å²) >= 11 is 5.86. The lowest BCUT2D eigenvalue weighted by Crippen LogP contribution is -2.34. The largest absolute Gasteiger partial charge is 0.482 e. The van der Waals surface area contributed by atoms with Crippen LogP contribution in [-0.4, -0.2) is 27.2 Å². The van der Waals surface area contributed by atoms with Crippen molar-refractivity contribution in [1.82, 2.24) is 19.5 Å². The van der Waals surface area contributed by atoms with Gasteiger partial charge in [0.1, 0.15) is 6.54 Å². The third-order valence-corrected chi connectivity index (χ3v) is 4.07. The molecule has 2 aromatic heterocycles. The minimum absolute atomic E-state index is 0.179. The van der Waals surface area contributed by atoms with E-state index < -0.39 is 5.69 Å². The maximum atomic E-state index is 12.4. The molecular weight excluding hydrogens is 344 g/mol. The van der Waals surface area contributed by atoms with Gasteiger partial charge in [0.15, 0.2) is 5.65 Å². The van der Waals surface area contributed by atoms with Gasteiger partial charge >= 0.3 is 5.69 Å². The number of ether oxygens (including phenoxy) is 1. The highest BCUT2D eigenvalue weighted by atomic mass is 35.5. The number of methoxy groups -OCH3 is 1. The SMILES string of the molecule is COc1cccc2nn(CC(=O)N[C@@H](C)c3ccc(Cl)cc3)c(=O)n12. The van der Waals surface area contributed by atoms with E-state index in [0.29, 0.717) is 16.5 Å². The Hall–Kier alpha value is -2.80. The number of nitrogens with one attached hydrogen (secondary N) is 1. The molecule has 2 heterocycles. The molecule has 7 nitrogen and oxygen atoms in total. The van der Waals surface area contributed by atoms with Crippen LogP contribution in [0.1, 0.15) is 18.5 Å². The van der Waals surface area contributed by atoms with E-state index in [-0.39, 0.29) is 18.5 Å². The van der Waals surface area contributed by atoms with Crippen LogP contribution < -0.4 is 15.7 Å². The van der Waals surface area contributed by atoms with Crippen LogP contribution in [0.5, 0.6) is 5.88 Å². The topological polar surface area (TPSA) is 77.6 Å². The number of hydrogen-bond acceptors (Lipinski definition) is 4. The Morgan fingerprint density at radius 3 is 2.68 bits per heavy atom. The second-order valence-electron chi connectivity index (χ2n) is 5.54. The quantitative estimate of drug-likeness (QED) is 0.755. The Balaban J connectivity index is 1.77. The average molecular weight is 361 g/mol. The number of rotatable bonds is 5. The number of hydrogen-bond donors (Lipinski definition) is 1. The van der Waals surface area contributed by atoms with Crippen molar-refractivity contribution in [3.05, 3.63) is 63.5 Å². The molecule has 1 atom stereocenters. The zero-order chi connectivity index (χ0) is 18.0. The average Bonchev–Trinajstić information content (AvgIpc) is 2.91. The molecule has 8 heteroatoms. The first-order chi connectivity index (χ1) is 12.0. The number of pyridine rings is 1. The summed E-state index contributed by atoms with van der Waals surface area (Å²) in [4.78, 5) is 24.7. The summed E-state index contributed by atoms with van der Waals surface area (Å²) in [6, 6.07) is 12.1. The minimum Gasteiger partial charge on any atom is -0.482 e. The summed E-state index contributed by atoms with van der Waals surface area (Å²) in [6.45, 7) is 1.68. The van der Waals surface area contributed by atoms with Crippen molar-refractivity contribution in [2.45, 2.75) is 19.5 Å². The van der Waals surface area contributed by atoms with Crippen molar-refractivity contribution in [3.8, 4) is 5.88 Å². The third-order valence-electron chi connectivity index (χ3n) is 3.82. The number of nitrogens with zero attached hydrogens (tertiary/aromatic N) is 3. The van der Waals surface area contributed by atoms with E-state index >= 15 is 0 Å². The summed E-state index contributed by atoms with van der Waals surface area (Å²) in [5.74, 6) is 0.0515. The van der Waals surface area contributed by atoms with Crippen LogP contribution in [-0.2, 0) is 11.3 Å². The van der Waals surface area contributed by atoms with Crippen molar-refractivity contribution in [2.75, 3.05) is 7.11 Å². The molecule has 0 aliphatic heterocycles. The summed E-state index contributed by atoms with van der Waals surface area (Å²) in [5.41, 5.74) is 0.909. The molecule has 0 aliphatic carbocycles. The van der Waals surface area contributed by atoms with E-state index in [1.807, 2.05) is 19.1 Å². The predicted molar refractivity (Wildman–Crippen MR) is 94.0 cm³/mol. The van der Waals surface area contributed by atoms with E-state index in [1.54, 1.807) is 30.3 Å². The lowest BCUT2D eigenvalue weighted by Gasteiger charge is -2.14. The van der Waals surface area contributed by atoms with Crippen LogP contribution in [0.25, 0.3) is 5.65 Å². The predicted octanol–water partition coefficient (Wildman–Crippen LogP) is 2.04. The van der Waals surface area contributed by atoms with Gasteiger partial charge in [-0.3, -0.25) is 4.79 Å². The first-order valence-corrected chi connectivity index (χ1v) is 8.05. The van der Waals surface area contributed by atoms with Crippen LogP contribution >= 0.6 is 11.6 Å². The fraction of sp³-hybridized carbons (Fsp3) is 0.235. The van der Waals surface area contributed by atoms with Gasteiger partial charge in [0, 0.05) is 5.02 Å². The zero-order valence-corrected chi connectivity index (χ0v) is 14.5. The van der Waals surface area contributed by atoms with Crippen molar-refractivity contribution in [2.24, 2.45) is 0 Å². The minimum atomic E-state index is -0.429. The molecule has 0 aliphatic rings. The van der Waals surface area contributed by atoms with Crippen LogP contribution in [0.2, 0.25) is 5.02 Å². The van der Waals surface area contributed by atoms with Gasteiger partial charge in [0.25, 0.3) is 0 Å². The Bertz CT molecular complexity index is 962. The number of halogens is 1. The summed E-state index contributed by atoms with van der Waals surface area (Å²) in [5, 5.41) is 7.64. The van der Waals surface area contributed by atoms with E-state index in [1.165, 1.54) is 11.5 Å². The van der Waals surface area contributed by atoms with Gasteiger partial charge in [-0.25, -0.2) is 13.9 Å². The number of benzene rings is 1. The molecule has 0 saturated carbocycles. The molecule has 1 N–H and O–H groups in total. The standard InChI is InChI=1S/C17H17ClN4O3/c1-11(12-6-8-13(18)9-7-12)19-15(23)10-21-17(24)22-14(20-21)4-3-5-16(22)25-2/h3-9,11H,10H2,1-2H3,(H,19,23)/t11-/m0/s1. The molecule has 3 aromatic rings. The first-order valence-electron chi connectivity index (χ1n) is 7.67. The fourth-order valence-corrected chi connectivity index (χ4v) is 2.68. The van der Waals surface area contributed by atoms with Gasteiger partial charge in [0.05, 0.1) is 13.2 Å². The van der Waals surface area contributed by atoms with Crippen molar-refractivity contribution >= 4 is 23.2 Å². The normalized spacial score (nSPS) is 12.1. The summed E-state index contributed by atoms with van der Waals surface area (Å²) in [7, 11) is 1.47. The van der Waals surface area contributed by atoms with E-state index in [9.17, 15) is 9.59 Å². The fourth-order valence-electron chi connectivity index (χ4n) is 2.55. The van der Waals surface area contributed by atoms with E-state index in [4.69, 9.17) is 16.3 Å². The number of aromatic nitrogens is 3. The number of fused-ring (bicyclic) bond motifs is 1. The third kappa shape index (κ3) is 3.51. The van der Waals surface area contributed by atoms with E-state index in [2.05, 4.69) is 10.4 Å². The molecule has 3 rings (SSSR count). The first kappa shape index (κ1) is 17.0. The second-order valence-corrected chi connectivity index (χ2v) is 5.98. The molecule has 25 heavy (non-hydrogen) atoms. The van der Waals surface area contributed by atoms with Crippen molar-refractivity contribution < 1.29 is 9.53 Å². The molecule has 0 spiro atoms. The van der Waals surface area contributed by atoms with Gasteiger partial charge in [-0.05, 0) is 36.8 Å². The highest BCUT2D eigenvalue weighted by Crippen LogP contribution is 2.16. The maximum Gasteiger partial charge on any atom is 0.353 e. The monoisotopic (exact) mass is 360 g/mol. The molecule has 130 valence electrons. The molecule has 0 bridgehead atoms. The van der Waals surface area contributed by atoms with Crippen LogP contribution in [0, 0.1) is 0 Å². The van der Waals surface area contributed by atoms with Gasteiger partial charge in [0.2, 0.25) is 11.8 Å². The zero-order valence-electron chi connectivity index (χ0n) is 13.8. The summed E-state index contributed by atoms with van der Waals surface area (Å²) in [6.07, 6.45) is 0. The Morgan fingerprint density at radius 1 is 1.28 bits per heavy atom. The van der Waals surface area contributed by atoms with Gasteiger partial charge < -0.3 is 10.1 Å². The molecular formula is C17H17ClN4O3. The Labute approximate surface area is 148 Å². The maximum absolute atomic E-state index is 12.4. The number of carbonyl (C=O) groups is 1. The molecule has 0 unspecified atom stereocenters. The Morgan fingerprint density at radius 2 is 2.00 bits per heavy atom. The highest BCUT2D eigenvalue weighted by molar-refractivity contribution is 6.30. The molecule has 0 fully saturated rings. The molecule has 1 amide bonds. The van der Waals surface area contributed by atoms with Crippen molar-refractivity contribution in [3.63, 3.8) is 0 Å². The number of carbonyl (C=O) groups excluding carboxylic acids is 1. The van der Waals surface area contributed by atoms with Gasteiger partial charge in [-0.2, -0.15) is 0 Å². The molecule has 1 aromatic carbocycles. The van der Waals surface area contributed by atoms with Crippen LogP contribution in [0.4, 0.5) is 0 Å². The van der Waals surface area contributed by atoms with Gasteiger partial charge in [-0.15, -0.1) is 5.10 Å². The second kappa shape index (κ2) is 6.98. The van der Waals surface area contributed by atoms with E-state index in [0.717, 1.165) is 10.2 Å². The number of amides is 1. The van der Waals surface area contributed by atoms with Gasteiger partial charge in [-0.1, -0.05) is 29.8 Å².